The van der Waals surface area contributed by atoms with E-state index in [1.54, 1.807) is 0 Å². The molecule has 2 heterocycles. The van der Waals surface area contributed by atoms with Crippen molar-refractivity contribution in [1.29, 1.82) is 0 Å². The van der Waals surface area contributed by atoms with Crippen molar-refractivity contribution < 1.29 is 0 Å². The van der Waals surface area contributed by atoms with Gasteiger partial charge in [-0.1, -0.05) is 13.8 Å². The smallest absolute Gasteiger partial charge is 0.122 e. The van der Waals surface area contributed by atoms with Crippen LogP contribution in [-0.4, -0.2) is 39.1 Å². The molecule has 1 aliphatic heterocycles. The molecule has 4 nitrogen and oxygen atoms in total. The van der Waals surface area contributed by atoms with Crippen LogP contribution in [0.5, 0.6) is 0 Å². The fourth-order valence-electron chi connectivity index (χ4n) is 3.62. The lowest BCUT2D eigenvalue weighted by Gasteiger charge is -2.48. The van der Waals surface area contributed by atoms with Crippen molar-refractivity contribution >= 4 is 0 Å². The van der Waals surface area contributed by atoms with Crippen LogP contribution in [0.15, 0.2) is 12.4 Å². The van der Waals surface area contributed by atoms with E-state index in [1.807, 2.05) is 12.4 Å². The van der Waals surface area contributed by atoms with Crippen LogP contribution in [0.2, 0.25) is 0 Å². The molecule has 0 bridgehead atoms. The van der Waals surface area contributed by atoms with Crippen LogP contribution in [0.25, 0.3) is 0 Å². The highest BCUT2D eigenvalue weighted by Gasteiger charge is 2.46. The molecule has 20 heavy (non-hydrogen) atoms. The van der Waals surface area contributed by atoms with Gasteiger partial charge in [0.25, 0.3) is 0 Å². The van der Waals surface area contributed by atoms with Crippen LogP contribution in [-0.2, 0) is 13.6 Å². The van der Waals surface area contributed by atoms with E-state index in [2.05, 4.69) is 47.6 Å². The van der Waals surface area contributed by atoms with E-state index >= 15 is 0 Å². The Morgan fingerprint density at radius 2 is 2.20 bits per heavy atom. The second-order valence-electron chi connectivity index (χ2n) is 7.24. The molecule has 1 saturated carbocycles. The number of aromatic nitrogens is 2. The first-order valence-electron chi connectivity index (χ1n) is 7.95. The molecule has 2 aliphatic rings. The molecule has 1 aromatic rings. The maximum Gasteiger partial charge on any atom is 0.122 e. The SMILES string of the molecule is CC(C)C1CNC(C)(C2CC2)CN1Cc1nccn1C. The third kappa shape index (κ3) is 2.63. The van der Waals surface area contributed by atoms with Crippen LogP contribution < -0.4 is 5.32 Å². The predicted octanol–water partition coefficient (Wildman–Crippen LogP) is 2.02. The first-order chi connectivity index (χ1) is 9.49. The zero-order valence-corrected chi connectivity index (χ0v) is 13.3. The Labute approximate surface area is 122 Å². The van der Waals surface area contributed by atoms with E-state index in [9.17, 15) is 0 Å². The summed E-state index contributed by atoms with van der Waals surface area (Å²) in [5.74, 6) is 2.72. The van der Waals surface area contributed by atoms with Gasteiger partial charge >= 0.3 is 0 Å². The van der Waals surface area contributed by atoms with Crippen LogP contribution in [0.4, 0.5) is 0 Å². The number of piperazine rings is 1. The molecule has 0 aromatic carbocycles. The van der Waals surface area contributed by atoms with Crippen molar-refractivity contribution in [3.05, 3.63) is 18.2 Å². The summed E-state index contributed by atoms with van der Waals surface area (Å²) in [6.45, 7) is 10.3. The van der Waals surface area contributed by atoms with Crippen LogP contribution >= 0.6 is 0 Å². The molecule has 1 aliphatic carbocycles. The van der Waals surface area contributed by atoms with E-state index in [0.29, 0.717) is 17.5 Å². The average Bonchev–Trinajstić information content (AvgIpc) is 3.16. The van der Waals surface area contributed by atoms with Crippen molar-refractivity contribution in [3.63, 3.8) is 0 Å². The second kappa shape index (κ2) is 5.15. The van der Waals surface area contributed by atoms with Gasteiger partial charge in [-0.15, -0.1) is 0 Å². The summed E-state index contributed by atoms with van der Waals surface area (Å²) in [5, 5.41) is 3.84. The molecular formula is C16H28N4. The van der Waals surface area contributed by atoms with Gasteiger partial charge in [-0.05, 0) is 31.6 Å². The van der Waals surface area contributed by atoms with E-state index in [4.69, 9.17) is 0 Å². The van der Waals surface area contributed by atoms with Gasteiger partial charge in [0, 0.05) is 44.1 Å². The van der Waals surface area contributed by atoms with E-state index in [0.717, 1.165) is 25.6 Å². The highest BCUT2D eigenvalue weighted by atomic mass is 15.3. The summed E-state index contributed by atoms with van der Waals surface area (Å²) in [6, 6.07) is 0.610. The minimum atomic E-state index is 0.302. The predicted molar refractivity (Wildman–Crippen MR) is 81.4 cm³/mol. The van der Waals surface area contributed by atoms with Crippen molar-refractivity contribution in [2.75, 3.05) is 13.1 Å². The standard InChI is InChI=1S/C16H28N4/c1-12(2)14-9-18-16(3,13-5-6-13)11-20(14)10-15-17-7-8-19(15)4/h7-8,12-14,18H,5-6,9-11H2,1-4H3. The Balaban J connectivity index is 1.77. The topological polar surface area (TPSA) is 33.1 Å². The molecule has 0 radical (unpaired) electrons. The van der Waals surface area contributed by atoms with Crippen molar-refractivity contribution in [2.45, 2.75) is 51.7 Å². The van der Waals surface area contributed by atoms with Gasteiger partial charge in [0.2, 0.25) is 0 Å². The zero-order chi connectivity index (χ0) is 14.3. The summed E-state index contributed by atoms with van der Waals surface area (Å²) < 4.78 is 2.15. The molecule has 2 fully saturated rings. The fourth-order valence-corrected chi connectivity index (χ4v) is 3.62. The summed E-state index contributed by atoms with van der Waals surface area (Å²) >= 11 is 0. The third-order valence-electron chi connectivity index (χ3n) is 5.23. The number of rotatable bonds is 4. The molecule has 4 heteroatoms. The maximum atomic E-state index is 4.51. The van der Waals surface area contributed by atoms with Gasteiger partial charge in [-0.3, -0.25) is 4.90 Å². The van der Waals surface area contributed by atoms with Gasteiger partial charge in [-0.25, -0.2) is 4.98 Å². The Bertz CT molecular complexity index is 463. The Morgan fingerprint density at radius 3 is 2.75 bits per heavy atom. The summed E-state index contributed by atoms with van der Waals surface area (Å²) in [7, 11) is 2.09. The second-order valence-corrected chi connectivity index (χ2v) is 7.24. The van der Waals surface area contributed by atoms with Gasteiger partial charge in [0.1, 0.15) is 5.82 Å². The van der Waals surface area contributed by atoms with Gasteiger partial charge in [0.15, 0.2) is 0 Å². The van der Waals surface area contributed by atoms with E-state index in [-0.39, 0.29) is 0 Å². The van der Waals surface area contributed by atoms with Gasteiger partial charge in [0.05, 0.1) is 6.54 Å². The normalized spacial score (nSPS) is 31.9. The first-order valence-corrected chi connectivity index (χ1v) is 7.95. The maximum absolute atomic E-state index is 4.51. The average molecular weight is 276 g/mol. The lowest BCUT2D eigenvalue weighted by atomic mass is 9.88. The molecule has 112 valence electrons. The lowest BCUT2D eigenvalue weighted by molar-refractivity contribution is 0.0437. The summed E-state index contributed by atoms with van der Waals surface area (Å²) in [6.07, 6.45) is 6.74. The number of aryl methyl sites for hydroxylation is 1. The zero-order valence-electron chi connectivity index (χ0n) is 13.3. The molecule has 0 amide bonds. The highest BCUT2D eigenvalue weighted by molar-refractivity contribution is 5.05. The van der Waals surface area contributed by atoms with E-state index in [1.165, 1.54) is 18.7 Å². The Hall–Kier alpha value is -0.870. The summed E-state index contributed by atoms with van der Waals surface area (Å²) in [4.78, 5) is 7.17. The summed E-state index contributed by atoms with van der Waals surface area (Å²) in [5.41, 5.74) is 0.302. The van der Waals surface area contributed by atoms with Gasteiger partial charge < -0.3 is 9.88 Å². The van der Waals surface area contributed by atoms with Crippen molar-refractivity contribution in [3.8, 4) is 0 Å². The minimum Gasteiger partial charge on any atom is -0.337 e. The largest absolute Gasteiger partial charge is 0.337 e. The molecule has 1 N–H and O–H groups in total. The van der Waals surface area contributed by atoms with Crippen LogP contribution in [0.1, 0.15) is 39.4 Å². The minimum absolute atomic E-state index is 0.302. The molecule has 1 saturated heterocycles. The van der Waals surface area contributed by atoms with Crippen LogP contribution in [0.3, 0.4) is 0 Å². The quantitative estimate of drug-likeness (QED) is 0.913. The number of hydrogen-bond acceptors (Lipinski definition) is 3. The molecule has 2 unspecified atom stereocenters. The Kier molecular flexibility index (Phi) is 3.63. The molecule has 0 spiro atoms. The monoisotopic (exact) mass is 276 g/mol. The lowest BCUT2D eigenvalue weighted by Crippen LogP contribution is -2.64. The number of nitrogens with one attached hydrogen (secondary N) is 1. The number of nitrogens with zero attached hydrogens (tertiary/aromatic N) is 3. The number of hydrogen-bond donors (Lipinski definition) is 1. The molecule has 1 aromatic heterocycles. The van der Waals surface area contributed by atoms with Crippen molar-refractivity contribution in [2.24, 2.45) is 18.9 Å². The number of imidazole rings is 1. The highest BCUT2D eigenvalue weighted by Crippen LogP contribution is 2.42. The fraction of sp³-hybridized carbons (Fsp3) is 0.812. The third-order valence-corrected chi connectivity index (χ3v) is 5.23. The van der Waals surface area contributed by atoms with E-state index < -0.39 is 0 Å². The van der Waals surface area contributed by atoms with Crippen LogP contribution in [0, 0.1) is 11.8 Å². The Morgan fingerprint density at radius 1 is 1.45 bits per heavy atom. The molecular weight excluding hydrogens is 248 g/mol. The van der Waals surface area contributed by atoms with Gasteiger partial charge in [-0.2, -0.15) is 0 Å². The first kappa shape index (κ1) is 14.1. The molecule has 3 rings (SSSR count). The van der Waals surface area contributed by atoms with Crippen molar-refractivity contribution in [1.82, 2.24) is 19.8 Å². The molecule has 2 atom stereocenters.